The second kappa shape index (κ2) is 5.60. The summed E-state index contributed by atoms with van der Waals surface area (Å²) in [5.41, 5.74) is 13.7. The number of H-pyrrole nitrogens is 1. The number of amidine groups is 2. The zero-order chi connectivity index (χ0) is 17.6. The van der Waals surface area contributed by atoms with Crippen LogP contribution in [0.5, 0.6) is 0 Å². The molecule has 0 aliphatic rings. The summed E-state index contributed by atoms with van der Waals surface area (Å²) in [6.07, 6.45) is 0. The van der Waals surface area contributed by atoms with Crippen LogP contribution in [0.3, 0.4) is 0 Å². The Kier molecular flexibility index (Phi) is 3.40. The average molecular weight is 352 g/mol. The van der Waals surface area contributed by atoms with E-state index in [2.05, 4.69) is 9.97 Å². The number of imidazole rings is 1. The number of hydrogen-bond donors (Lipinski definition) is 5. The number of nitrogens with zero attached hydrogens (tertiary/aromatic N) is 1. The predicted molar refractivity (Wildman–Crippen MR) is 97.6 cm³/mol. The first-order valence-corrected chi connectivity index (χ1v) is 8.29. The maximum atomic E-state index is 5.93. The Morgan fingerprint density at radius 2 is 1.80 bits per heavy atom. The molecule has 3 aromatic heterocycles. The summed E-state index contributed by atoms with van der Waals surface area (Å²) in [4.78, 5) is 9.53. The second-order valence-electron chi connectivity index (χ2n) is 5.56. The lowest BCUT2D eigenvalue weighted by atomic mass is 10.2. The van der Waals surface area contributed by atoms with Gasteiger partial charge in [0.25, 0.3) is 11.7 Å². The van der Waals surface area contributed by atoms with E-state index in [-0.39, 0.29) is 5.84 Å². The van der Waals surface area contributed by atoms with Gasteiger partial charge in [0.2, 0.25) is 0 Å². The number of hydrogen-bond acceptors (Lipinski definition) is 3. The number of benzene rings is 1. The van der Waals surface area contributed by atoms with Gasteiger partial charge >= 0.3 is 0 Å². The Hall–Kier alpha value is -3.39. The summed E-state index contributed by atoms with van der Waals surface area (Å²) in [5, 5.41) is 11.3. The molecular weight excluding hydrogens is 336 g/mol. The molecule has 0 amide bonds. The van der Waals surface area contributed by atoms with Crippen LogP contribution in [0, 0.1) is 0 Å². The molecule has 0 aliphatic carbocycles. The Balaban J connectivity index is 1.70. The number of aromatic nitrogens is 2. The standard InChI is InChI=1S/C17H14N6OS/c18-15(19)8-1-2-9-10(7-8)23-17(22-9)12-4-3-11(24-12)13-5-6-14(25-13)16(20)21/h1-7H,(H3,18,19)(H3,20,21)(H,22,23)/p+2. The van der Waals surface area contributed by atoms with Crippen LogP contribution >= 0.6 is 11.3 Å². The topological polar surface area (TPSA) is 145 Å². The summed E-state index contributed by atoms with van der Waals surface area (Å²) >= 11 is 1.47. The van der Waals surface area contributed by atoms with Crippen molar-refractivity contribution in [2.24, 2.45) is 11.5 Å². The minimum absolute atomic E-state index is 0.266. The third-order valence-corrected chi connectivity index (χ3v) is 4.94. The Bertz CT molecular complexity index is 1120. The van der Waals surface area contributed by atoms with Crippen molar-refractivity contribution in [2.45, 2.75) is 0 Å². The van der Waals surface area contributed by atoms with E-state index in [1.165, 1.54) is 11.3 Å². The summed E-state index contributed by atoms with van der Waals surface area (Å²) in [6.45, 7) is 0. The Morgan fingerprint density at radius 3 is 2.52 bits per heavy atom. The molecule has 0 saturated heterocycles. The van der Waals surface area contributed by atoms with E-state index in [1.807, 2.05) is 42.5 Å². The monoisotopic (exact) mass is 352 g/mol. The minimum atomic E-state index is 0.266. The van der Waals surface area contributed by atoms with Gasteiger partial charge in [0.15, 0.2) is 11.6 Å². The van der Waals surface area contributed by atoms with Crippen LogP contribution in [-0.2, 0) is 0 Å². The van der Waals surface area contributed by atoms with Crippen LogP contribution in [0.2, 0.25) is 0 Å². The number of furan rings is 1. The van der Waals surface area contributed by atoms with Gasteiger partial charge in [-0.2, -0.15) is 0 Å². The molecule has 0 unspecified atom stereocenters. The van der Waals surface area contributed by atoms with E-state index in [1.54, 1.807) is 0 Å². The number of rotatable bonds is 4. The van der Waals surface area contributed by atoms with Crippen LogP contribution in [0.25, 0.3) is 33.3 Å². The number of fused-ring (bicyclic) bond motifs is 1. The van der Waals surface area contributed by atoms with E-state index in [0.717, 1.165) is 32.1 Å². The van der Waals surface area contributed by atoms with Crippen molar-refractivity contribution in [3.8, 4) is 22.2 Å². The zero-order valence-corrected chi connectivity index (χ0v) is 13.9. The van der Waals surface area contributed by atoms with Gasteiger partial charge in [0.05, 0.1) is 21.5 Å². The van der Waals surface area contributed by atoms with Crippen molar-refractivity contribution < 1.29 is 15.2 Å². The molecule has 1 aromatic carbocycles. The maximum absolute atomic E-state index is 5.93. The van der Waals surface area contributed by atoms with Crippen molar-refractivity contribution in [2.75, 3.05) is 0 Å². The number of nitrogens with two attached hydrogens (primary N) is 4. The molecule has 4 rings (SSSR count). The lowest BCUT2D eigenvalue weighted by Gasteiger charge is -1.92. The molecule has 3 heterocycles. The van der Waals surface area contributed by atoms with Crippen LogP contribution in [0.4, 0.5) is 0 Å². The van der Waals surface area contributed by atoms with Crippen molar-refractivity contribution in [3.63, 3.8) is 0 Å². The normalized spacial score (nSPS) is 11.0. The first-order valence-electron chi connectivity index (χ1n) is 7.48. The SMILES string of the molecule is NC(=[NH2+])c1ccc2nc(-c3ccc(-c4ccc(C(N)=[NH2+])s4)o3)[nH]c2c1. The van der Waals surface area contributed by atoms with Gasteiger partial charge in [-0.25, -0.2) is 4.98 Å². The minimum Gasteiger partial charge on any atom is -0.452 e. The van der Waals surface area contributed by atoms with Gasteiger partial charge in [-0.3, -0.25) is 22.3 Å². The van der Waals surface area contributed by atoms with Crippen LogP contribution in [0.1, 0.15) is 10.4 Å². The van der Waals surface area contributed by atoms with Gasteiger partial charge in [0.1, 0.15) is 10.6 Å². The van der Waals surface area contributed by atoms with Crippen LogP contribution in [0.15, 0.2) is 46.9 Å². The number of nitrogens with one attached hydrogen (secondary N) is 1. The highest BCUT2D eigenvalue weighted by Crippen LogP contribution is 2.32. The molecule has 124 valence electrons. The summed E-state index contributed by atoms with van der Waals surface area (Å²) in [6, 6.07) is 13.1. The van der Waals surface area contributed by atoms with Gasteiger partial charge in [-0.15, -0.1) is 11.3 Å². The van der Waals surface area contributed by atoms with Crippen molar-refractivity contribution in [3.05, 3.63) is 52.9 Å². The molecule has 4 aromatic rings. The van der Waals surface area contributed by atoms with E-state index in [4.69, 9.17) is 26.7 Å². The fourth-order valence-electron chi connectivity index (χ4n) is 2.53. The molecular formula is C17H16N6OS+2. The highest BCUT2D eigenvalue weighted by molar-refractivity contribution is 7.17. The van der Waals surface area contributed by atoms with Crippen molar-refractivity contribution >= 4 is 34.0 Å². The fourth-order valence-corrected chi connectivity index (χ4v) is 3.37. The first kappa shape index (κ1) is 15.2. The number of thiophene rings is 1. The van der Waals surface area contributed by atoms with E-state index >= 15 is 0 Å². The molecule has 9 N–H and O–H groups in total. The average Bonchev–Trinajstić information content (AvgIpc) is 3.31. The van der Waals surface area contributed by atoms with E-state index < -0.39 is 0 Å². The van der Waals surface area contributed by atoms with E-state index in [0.29, 0.717) is 17.4 Å². The lowest BCUT2D eigenvalue weighted by Crippen LogP contribution is -2.46. The van der Waals surface area contributed by atoms with Crippen molar-refractivity contribution in [1.82, 2.24) is 9.97 Å². The third-order valence-electron chi connectivity index (χ3n) is 3.79. The highest BCUT2D eigenvalue weighted by Gasteiger charge is 2.14. The predicted octanol–water partition coefficient (Wildman–Crippen LogP) is -0.520. The maximum Gasteiger partial charge on any atom is 0.280 e. The molecule has 25 heavy (non-hydrogen) atoms. The molecule has 0 radical (unpaired) electrons. The molecule has 0 fully saturated rings. The second-order valence-corrected chi connectivity index (χ2v) is 6.64. The Morgan fingerprint density at radius 1 is 1.00 bits per heavy atom. The molecule has 8 heteroatoms. The van der Waals surface area contributed by atoms with Gasteiger partial charge < -0.3 is 9.40 Å². The third kappa shape index (κ3) is 2.68. The molecule has 7 nitrogen and oxygen atoms in total. The van der Waals surface area contributed by atoms with Crippen molar-refractivity contribution in [1.29, 1.82) is 0 Å². The largest absolute Gasteiger partial charge is 0.452 e. The van der Waals surface area contributed by atoms with E-state index in [9.17, 15) is 0 Å². The summed E-state index contributed by atoms with van der Waals surface area (Å²) in [7, 11) is 0. The smallest absolute Gasteiger partial charge is 0.280 e. The van der Waals surface area contributed by atoms with Crippen LogP contribution < -0.4 is 22.3 Å². The fraction of sp³-hybridized carbons (Fsp3) is 0. The molecule has 0 spiro atoms. The lowest BCUT2D eigenvalue weighted by molar-refractivity contribution is -0.114. The molecule has 0 bridgehead atoms. The number of aromatic amines is 1. The summed E-state index contributed by atoms with van der Waals surface area (Å²) in [5.74, 6) is 2.57. The first-order chi connectivity index (χ1) is 12.0. The zero-order valence-electron chi connectivity index (χ0n) is 13.1. The summed E-state index contributed by atoms with van der Waals surface area (Å²) < 4.78 is 5.93. The van der Waals surface area contributed by atoms with Gasteiger partial charge in [-0.1, -0.05) is 0 Å². The van der Waals surface area contributed by atoms with Gasteiger partial charge in [-0.05, 0) is 42.5 Å². The Labute approximate surface area is 146 Å². The molecule has 0 saturated carbocycles. The molecule has 0 atom stereocenters. The molecule has 0 aliphatic heterocycles. The quantitative estimate of drug-likeness (QED) is 0.248. The van der Waals surface area contributed by atoms with Gasteiger partial charge in [0, 0.05) is 0 Å². The highest BCUT2D eigenvalue weighted by atomic mass is 32.1. The van der Waals surface area contributed by atoms with Crippen LogP contribution in [-0.4, -0.2) is 21.6 Å².